The quantitative estimate of drug-likeness (QED) is 0.891. The molecule has 4 nitrogen and oxygen atoms in total. The molecule has 1 fully saturated rings. The fourth-order valence-electron chi connectivity index (χ4n) is 2.47. The first-order valence-corrected chi connectivity index (χ1v) is 6.59. The largest absolute Gasteiger partial charge is 0.508 e. The molecule has 0 bridgehead atoms. The average Bonchev–Trinajstić information content (AvgIpc) is 2.41. The topological polar surface area (TPSA) is 49.8 Å². The summed E-state index contributed by atoms with van der Waals surface area (Å²) in [4.78, 5) is 14.2. The van der Waals surface area contributed by atoms with Crippen molar-refractivity contribution in [2.75, 3.05) is 20.2 Å². The van der Waals surface area contributed by atoms with Gasteiger partial charge in [-0.15, -0.1) is 0 Å². The van der Waals surface area contributed by atoms with Crippen molar-refractivity contribution >= 4 is 5.91 Å². The van der Waals surface area contributed by atoms with Crippen LogP contribution < -0.4 is 0 Å². The number of aromatic hydroxyl groups is 1. The van der Waals surface area contributed by atoms with Gasteiger partial charge in [0.15, 0.2) is 0 Å². The molecule has 1 aromatic rings. The van der Waals surface area contributed by atoms with Crippen LogP contribution in [0.15, 0.2) is 18.2 Å². The molecule has 1 saturated heterocycles. The fourth-order valence-corrected chi connectivity index (χ4v) is 2.47. The number of rotatable bonds is 2. The lowest BCUT2D eigenvalue weighted by atomic mass is 9.94. The van der Waals surface area contributed by atoms with Crippen LogP contribution in [0.3, 0.4) is 0 Å². The van der Waals surface area contributed by atoms with Gasteiger partial charge >= 0.3 is 0 Å². The van der Waals surface area contributed by atoms with Gasteiger partial charge in [0.25, 0.3) is 5.91 Å². The number of likely N-dealkylation sites (tertiary alicyclic amines) is 1. The molecule has 1 aliphatic rings. The van der Waals surface area contributed by atoms with Crippen molar-refractivity contribution < 1.29 is 14.6 Å². The third kappa shape index (κ3) is 2.89. The van der Waals surface area contributed by atoms with Crippen molar-refractivity contribution in [1.29, 1.82) is 0 Å². The highest BCUT2D eigenvalue weighted by atomic mass is 16.5. The Labute approximate surface area is 114 Å². The number of carbonyl (C=O) groups is 1. The molecule has 0 aromatic heterocycles. The molecule has 1 heterocycles. The van der Waals surface area contributed by atoms with Crippen molar-refractivity contribution in [3.63, 3.8) is 0 Å². The molecular weight excluding hydrogens is 242 g/mol. The van der Waals surface area contributed by atoms with E-state index in [0.717, 1.165) is 24.9 Å². The standard InChI is InChI=1S/C15H21NO3/c1-11-5-6-12(9-13(11)17)14(18)16-8-4-7-15(2,10-16)19-3/h5-6,9,17H,4,7-8,10H2,1-3H3. The van der Waals surface area contributed by atoms with E-state index in [9.17, 15) is 9.90 Å². The van der Waals surface area contributed by atoms with Gasteiger partial charge in [0.2, 0.25) is 0 Å². The molecule has 0 aliphatic carbocycles. The lowest BCUT2D eigenvalue weighted by Crippen LogP contribution is -2.49. The molecule has 0 saturated carbocycles. The Kier molecular flexibility index (Phi) is 3.80. The molecule has 0 spiro atoms. The fraction of sp³-hybridized carbons (Fsp3) is 0.533. The number of aryl methyl sites for hydroxylation is 1. The van der Waals surface area contributed by atoms with Crippen LogP contribution in [0.2, 0.25) is 0 Å². The first-order valence-electron chi connectivity index (χ1n) is 6.59. The van der Waals surface area contributed by atoms with Gasteiger partial charge < -0.3 is 14.7 Å². The highest BCUT2D eigenvalue weighted by molar-refractivity contribution is 5.94. The molecule has 1 aliphatic heterocycles. The Morgan fingerprint density at radius 3 is 2.84 bits per heavy atom. The summed E-state index contributed by atoms with van der Waals surface area (Å²) in [6.07, 6.45) is 1.90. The van der Waals surface area contributed by atoms with Crippen molar-refractivity contribution in [2.24, 2.45) is 0 Å². The molecule has 19 heavy (non-hydrogen) atoms. The van der Waals surface area contributed by atoms with Crippen molar-refractivity contribution in [2.45, 2.75) is 32.3 Å². The normalized spacial score (nSPS) is 23.4. The van der Waals surface area contributed by atoms with E-state index in [0.29, 0.717) is 12.1 Å². The van der Waals surface area contributed by atoms with Crippen molar-refractivity contribution in [3.8, 4) is 5.75 Å². The number of phenolic OH excluding ortho intramolecular Hbond substituents is 1. The van der Waals surface area contributed by atoms with E-state index in [1.54, 1.807) is 24.1 Å². The molecule has 0 radical (unpaired) electrons. The smallest absolute Gasteiger partial charge is 0.254 e. The SMILES string of the molecule is COC1(C)CCCN(C(=O)c2ccc(C)c(O)c2)C1. The van der Waals surface area contributed by atoms with Crippen LogP contribution in [0.1, 0.15) is 35.7 Å². The van der Waals surface area contributed by atoms with Gasteiger partial charge in [0.1, 0.15) is 5.75 Å². The number of ether oxygens (including phenoxy) is 1. The number of hydrogen-bond acceptors (Lipinski definition) is 3. The molecule has 1 aromatic carbocycles. The predicted molar refractivity (Wildman–Crippen MR) is 73.4 cm³/mol. The summed E-state index contributed by atoms with van der Waals surface area (Å²) in [7, 11) is 1.69. The van der Waals surface area contributed by atoms with Crippen molar-refractivity contribution in [3.05, 3.63) is 29.3 Å². The van der Waals surface area contributed by atoms with Crippen LogP contribution in [0.25, 0.3) is 0 Å². The van der Waals surface area contributed by atoms with E-state index in [-0.39, 0.29) is 17.3 Å². The average molecular weight is 263 g/mol. The minimum Gasteiger partial charge on any atom is -0.508 e. The summed E-state index contributed by atoms with van der Waals surface area (Å²) in [6.45, 7) is 5.18. The molecule has 1 unspecified atom stereocenters. The summed E-state index contributed by atoms with van der Waals surface area (Å²) in [5.41, 5.74) is 1.04. The third-order valence-electron chi connectivity index (χ3n) is 3.90. The minimum atomic E-state index is -0.263. The molecule has 1 N–H and O–H groups in total. The number of amides is 1. The van der Waals surface area contributed by atoms with Crippen LogP contribution in [-0.4, -0.2) is 41.7 Å². The second-order valence-electron chi connectivity index (χ2n) is 5.49. The molecule has 1 amide bonds. The van der Waals surface area contributed by atoms with Gasteiger partial charge in [-0.3, -0.25) is 4.79 Å². The summed E-state index contributed by atoms with van der Waals surface area (Å²) in [5.74, 6) is 0.121. The van der Waals surface area contributed by atoms with E-state index in [4.69, 9.17) is 4.74 Å². The Morgan fingerprint density at radius 1 is 1.47 bits per heavy atom. The van der Waals surface area contributed by atoms with Crippen LogP contribution in [-0.2, 0) is 4.74 Å². The Bertz CT molecular complexity index is 486. The number of methoxy groups -OCH3 is 1. The van der Waals surface area contributed by atoms with E-state index in [2.05, 4.69) is 0 Å². The highest BCUT2D eigenvalue weighted by Gasteiger charge is 2.33. The first kappa shape index (κ1) is 13.9. The molecule has 104 valence electrons. The van der Waals surface area contributed by atoms with Crippen molar-refractivity contribution in [1.82, 2.24) is 4.90 Å². The Hall–Kier alpha value is -1.55. The van der Waals surface area contributed by atoms with Gasteiger partial charge in [-0.05, 0) is 44.4 Å². The monoisotopic (exact) mass is 263 g/mol. The van der Waals surface area contributed by atoms with Crippen LogP contribution >= 0.6 is 0 Å². The number of hydrogen-bond donors (Lipinski definition) is 1. The second-order valence-corrected chi connectivity index (χ2v) is 5.49. The van der Waals surface area contributed by atoms with Crippen LogP contribution in [0, 0.1) is 6.92 Å². The maximum Gasteiger partial charge on any atom is 0.254 e. The summed E-state index contributed by atoms with van der Waals surface area (Å²) in [6, 6.07) is 5.06. The second kappa shape index (κ2) is 5.21. The summed E-state index contributed by atoms with van der Waals surface area (Å²) < 4.78 is 5.49. The third-order valence-corrected chi connectivity index (χ3v) is 3.90. The zero-order valence-corrected chi connectivity index (χ0v) is 11.8. The number of piperidine rings is 1. The van der Waals surface area contributed by atoms with Gasteiger partial charge in [0, 0.05) is 25.8 Å². The van der Waals surface area contributed by atoms with E-state index < -0.39 is 0 Å². The van der Waals surface area contributed by atoms with Gasteiger partial charge in [-0.1, -0.05) is 6.07 Å². The summed E-state index contributed by atoms with van der Waals surface area (Å²) >= 11 is 0. The maximum absolute atomic E-state index is 12.4. The lowest BCUT2D eigenvalue weighted by molar-refractivity contribution is -0.0440. The zero-order chi connectivity index (χ0) is 14.0. The predicted octanol–water partition coefficient (Wildman–Crippen LogP) is 2.34. The summed E-state index contributed by atoms with van der Waals surface area (Å²) in [5, 5.41) is 9.70. The number of carbonyl (C=O) groups excluding carboxylic acids is 1. The van der Waals surface area contributed by atoms with Gasteiger partial charge in [-0.2, -0.15) is 0 Å². The zero-order valence-electron chi connectivity index (χ0n) is 11.8. The number of benzene rings is 1. The first-order chi connectivity index (χ1) is 8.95. The lowest BCUT2D eigenvalue weighted by Gasteiger charge is -2.39. The highest BCUT2D eigenvalue weighted by Crippen LogP contribution is 2.26. The molecule has 4 heteroatoms. The number of nitrogens with zero attached hydrogens (tertiary/aromatic N) is 1. The van der Waals surface area contributed by atoms with E-state index >= 15 is 0 Å². The Morgan fingerprint density at radius 2 is 2.21 bits per heavy atom. The molecular formula is C15H21NO3. The van der Waals surface area contributed by atoms with E-state index in [1.807, 2.05) is 13.8 Å². The Balaban J connectivity index is 2.17. The number of phenols is 1. The van der Waals surface area contributed by atoms with E-state index in [1.165, 1.54) is 6.07 Å². The molecule has 1 atom stereocenters. The molecule has 2 rings (SSSR count). The van der Waals surface area contributed by atoms with Crippen LogP contribution in [0.5, 0.6) is 5.75 Å². The minimum absolute atomic E-state index is 0.0433. The maximum atomic E-state index is 12.4. The van der Waals surface area contributed by atoms with Crippen LogP contribution in [0.4, 0.5) is 0 Å². The van der Waals surface area contributed by atoms with Gasteiger partial charge in [0.05, 0.1) is 5.60 Å². The van der Waals surface area contributed by atoms with Gasteiger partial charge in [-0.25, -0.2) is 0 Å².